The van der Waals surface area contributed by atoms with Crippen molar-refractivity contribution in [2.75, 3.05) is 24.5 Å². The van der Waals surface area contributed by atoms with Gasteiger partial charge >= 0.3 is 0 Å². The number of carbonyl (C=O) groups is 1. The summed E-state index contributed by atoms with van der Waals surface area (Å²) in [6.45, 7) is 9.09. The quantitative estimate of drug-likeness (QED) is 0.824. The highest BCUT2D eigenvalue weighted by molar-refractivity contribution is 5.77. The van der Waals surface area contributed by atoms with Gasteiger partial charge in [0.15, 0.2) is 0 Å². The number of nitrogens with zero attached hydrogens (tertiary/aromatic N) is 1. The molecule has 0 spiro atoms. The second kappa shape index (κ2) is 5.01. The van der Waals surface area contributed by atoms with E-state index in [4.69, 9.17) is 0 Å². The van der Waals surface area contributed by atoms with E-state index in [9.17, 15) is 4.79 Å². The molecule has 1 aromatic rings. The molecule has 3 heteroatoms. The summed E-state index contributed by atoms with van der Waals surface area (Å²) in [6, 6.07) is 8.71. The maximum Gasteiger partial charge on any atom is 0.221 e. The van der Waals surface area contributed by atoms with E-state index in [0.29, 0.717) is 6.42 Å². The predicted octanol–water partition coefficient (Wildman–Crippen LogP) is 2.31. The second-order valence-electron chi connectivity index (χ2n) is 5.88. The molecule has 1 aromatic carbocycles. The van der Waals surface area contributed by atoms with E-state index in [0.717, 1.165) is 19.6 Å². The molecule has 0 atom stereocenters. The Morgan fingerprint density at radius 3 is 2.39 bits per heavy atom. The summed E-state index contributed by atoms with van der Waals surface area (Å²) < 4.78 is 0. The minimum Gasteiger partial charge on any atom is -0.369 e. The molecule has 0 aromatic heterocycles. The van der Waals surface area contributed by atoms with Gasteiger partial charge < -0.3 is 10.2 Å². The van der Waals surface area contributed by atoms with Crippen LogP contribution in [0.1, 0.15) is 32.8 Å². The molecular formula is C15H22N2O. The van der Waals surface area contributed by atoms with Crippen molar-refractivity contribution >= 4 is 11.6 Å². The summed E-state index contributed by atoms with van der Waals surface area (Å²) in [7, 11) is 0. The van der Waals surface area contributed by atoms with Crippen molar-refractivity contribution < 1.29 is 4.79 Å². The van der Waals surface area contributed by atoms with Crippen molar-refractivity contribution in [2.45, 2.75) is 32.6 Å². The van der Waals surface area contributed by atoms with E-state index in [1.54, 1.807) is 0 Å². The Morgan fingerprint density at radius 2 is 1.78 bits per heavy atom. The number of anilines is 1. The van der Waals surface area contributed by atoms with Gasteiger partial charge in [0, 0.05) is 31.7 Å². The van der Waals surface area contributed by atoms with Crippen LogP contribution in [0.3, 0.4) is 0 Å². The third kappa shape index (κ3) is 3.03. The average Bonchev–Trinajstić information content (AvgIpc) is 2.53. The fourth-order valence-corrected chi connectivity index (χ4v) is 2.20. The van der Waals surface area contributed by atoms with Gasteiger partial charge in [-0.1, -0.05) is 32.9 Å². The molecule has 0 aliphatic carbocycles. The molecule has 1 amide bonds. The Morgan fingerprint density at radius 1 is 1.11 bits per heavy atom. The number of benzene rings is 1. The lowest BCUT2D eigenvalue weighted by Gasteiger charge is -2.24. The number of amides is 1. The fraction of sp³-hybridized carbons (Fsp3) is 0.533. The summed E-state index contributed by atoms with van der Waals surface area (Å²) in [4.78, 5) is 13.6. The highest BCUT2D eigenvalue weighted by Crippen LogP contribution is 2.25. The first-order valence-electron chi connectivity index (χ1n) is 6.59. The summed E-state index contributed by atoms with van der Waals surface area (Å²) >= 11 is 0. The third-order valence-electron chi connectivity index (χ3n) is 3.41. The van der Waals surface area contributed by atoms with Gasteiger partial charge in [0.05, 0.1) is 0 Å². The van der Waals surface area contributed by atoms with Crippen LogP contribution < -0.4 is 10.2 Å². The monoisotopic (exact) mass is 246 g/mol. The Bertz CT molecular complexity index is 417. The molecule has 1 aliphatic heterocycles. The van der Waals surface area contributed by atoms with Crippen LogP contribution in [-0.2, 0) is 10.2 Å². The van der Waals surface area contributed by atoms with Gasteiger partial charge in [-0.25, -0.2) is 0 Å². The van der Waals surface area contributed by atoms with Crippen molar-refractivity contribution in [3.63, 3.8) is 0 Å². The lowest BCUT2D eigenvalue weighted by Crippen LogP contribution is -2.28. The highest BCUT2D eigenvalue weighted by Gasteiger charge is 2.16. The molecule has 3 nitrogen and oxygen atoms in total. The van der Waals surface area contributed by atoms with Crippen molar-refractivity contribution in [1.29, 1.82) is 0 Å². The number of rotatable bonds is 1. The molecule has 0 bridgehead atoms. The molecule has 0 radical (unpaired) electrons. The van der Waals surface area contributed by atoms with Crippen molar-refractivity contribution in [1.82, 2.24) is 5.32 Å². The van der Waals surface area contributed by atoms with Gasteiger partial charge in [-0.05, 0) is 23.1 Å². The van der Waals surface area contributed by atoms with Crippen LogP contribution in [0.5, 0.6) is 0 Å². The normalized spacial score (nSPS) is 17.3. The van der Waals surface area contributed by atoms with Gasteiger partial charge in [0.2, 0.25) is 5.91 Å². The number of hydrogen-bond donors (Lipinski definition) is 1. The minimum atomic E-state index is 0.156. The van der Waals surface area contributed by atoms with E-state index in [-0.39, 0.29) is 11.3 Å². The summed E-state index contributed by atoms with van der Waals surface area (Å²) in [5.41, 5.74) is 2.74. The van der Waals surface area contributed by atoms with E-state index in [1.165, 1.54) is 11.3 Å². The van der Waals surface area contributed by atoms with Gasteiger partial charge in [0.25, 0.3) is 0 Å². The molecule has 98 valence electrons. The molecule has 2 rings (SSSR count). The van der Waals surface area contributed by atoms with E-state index >= 15 is 0 Å². The standard InChI is InChI=1S/C15H22N2O/c1-15(2,3)12-4-6-13(7-5-12)17-10-8-14(18)16-9-11-17/h4-7H,8-11H2,1-3H3,(H,16,18). The van der Waals surface area contributed by atoms with Crippen LogP contribution in [-0.4, -0.2) is 25.5 Å². The van der Waals surface area contributed by atoms with Crippen LogP contribution in [0.15, 0.2) is 24.3 Å². The van der Waals surface area contributed by atoms with Crippen LogP contribution in [0.4, 0.5) is 5.69 Å². The molecule has 18 heavy (non-hydrogen) atoms. The Labute approximate surface area is 109 Å². The van der Waals surface area contributed by atoms with E-state index in [1.807, 2.05) is 0 Å². The van der Waals surface area contributed by atoms with E-state index in [2.05, 4.69) is 55.3 Å². The zero-order chi connectivity index (χ0) is 13.2. The smallest absolute Gasteiger partial charge is 0.221 e. The summed E-state index contributed by atoms with van der Waals surface area (Å²) in [6.07, 6.45) is 0.584. The van der Waals surface area contributed by atoms with E-state index < -0.39 is 0 Å². The van der Waals surface area contributed by atoms with Crippen molar-refractivity contribution in [3.8, 4) is 0 Å². The molecule has 0 unspecified atom stereocenters. The molecule has 1 fully saturated rings. The Kier molecular flexibility index (Phi) is 3.60. The first-order valence-corrected chi connectivity index (χ1v) is 6.59. The van der Waals surface area contributed by atoms with Gasteiger partial charge in [-0.2, -0.15) is 0 Å². The predicted molar refractivity (Wildman–Crippen MR) is 75.0 cm³/mol. The maximum atomic E-state index is 11.3. The van der Waals surface area contributed by atoms with Gasteiger partial charge in [0.1, 0.15) is 0 Å². The number of hydrogen-bond acceptors (Lipinski definition) is 2. The fourth-order valence-electron chi connectivity index (χ4n) is 2.20. The summed E-state index contributed by atoms with van der Waals surface area (Å²) in [5, 5.41) is 2.90. The van der Waals surface area contributed by atoms with Crippen molar-refractivity contribution in [2.24, 2.45) is 0 Å². The Hall–Kier alpha value is -1.51. The maximum absolute atomic E-state index is 11.3. The molecule has 1 heterocycles. The first-order chi connectivity index (χ1) is 8.47. The lowest BCUT2D eigenvalue weighted by atomic mass is 9.87. The zero-order valence-electron chi connectivity index (χ0n) is 11.5. The molecular weight excluding hydrogens is 224 g/mol. The van der Waals surface area contributed by atoms with Crippen LogP contribution in [0.2, 0.25) is 0 Å². The average molecular weight is 246 g/mol. The first kappa shape index (κ1) is 12.9. The molecule has 1 aliphatic rings. The minimum absolute atomic E-state index is 0.156. The topological polar surface area (TPSA) is 32.3 Å². The molecule has 1 N–H and O–H groups in total. The highest BCUT2D eigenvalue weighted by atomic mass is 16.1. The second-order valence-corrected chi connectivity index (χ2v) is 5.88. The lowest BCUT2D eigenvalue weighted by molar-refractivity contribution is -0.120. The van der Waals surface area contributed by atoms with Crippen LogP contribution in [0, 0.1) is 0 Å². The largest absolute Gasteiger partial charge is 0.369 e. The van der Waals surface area contributed by atoms with Gasteiger partial charge in [-0.3, -0.25) is 4.79 Å². The van der Waals surface area contributed by atoms with Crippen LogP contribution in [0.25, 0.3) is 0 Å². The number of carbonyl (C=O) groups excluding carboxylic acids is 1. The molecule has 1 saturated heterocycles. The number of nitrogens with one attached hydrogen (secondary N) is 1. The van der Waals surface area contributed by atoms with Gasteiger partial charge in [-0.15, -0.1) is 0 Å². The molecule has 0 saturated carbocycles. The SMILES string of the molecule is CC(C)(C)c1ccc(N2CCNC(=O)CC2)cc1. The van der Waals surface area contributed by atoms with Crippen LogP contribution >= 0.6 is 0 Å². The third-order valence-corrected chi connectivity index (χ3v) is 3.41. The summed E-state index contributed by atoms with van der Waals surface area (Å²) in [5.74, 6) is 0.156. The zero-order valence-corrected chi connectivity index (χ0v) is 11.5. The van der Waals surface area contributed by atoms with Crippen molar-refractivity contribution in [3.05, 3.63) is 29.8 Å². The Balaban J connectivity index is 2.11.